The third-order valence-corrected chi connectivity index (χ3v) is 4.70. The summed E-state index contributed by atoms with van der Waals surface area (Å²) in [6, 6.07) is 9.68. The van der Waals surface area contributed by atoms with Gasteiger partial charge in [-0.25, -0.2) is 0 Å². The van der Waals surface area contributed by atoms with Crippen molar-refractivity contribution >= 4 is 5.78 Å². The fourth-order valence-corrected chi connectivity index (χ4v) is 3.35. The molecule has 22 heavy (non-hydrogen) atoms. The van der Waals surface area contributed by atoms with E-state index in [9.17, 15) is 4.79 Å². The molecule has 0 saturated carbocycles. The van der Waals surface area contributed by atoms with Crippen molar-refractivity contribution in [2.45, 2.75) is 70.8 Å². The Hall–Kier alpha value is -1.15. The molecule has 2 heteroatoms. The van der Waals surface area contributed by atoms with Gasteiger partial charge in [-0.15, -0.1) is 0 Å². The van der Waals surface area contributed by atoms with E-state index in [1.165, 1.54) is 44.9 Å². The SMILES string of the molecule is CCCCCCCCC[C@@H]1OCC[C@H]1C(=O)c1ccccc1. The van der Waals surface area contributed by atoms with Crippen LogP contribution < -0.4 is 0 Å². The molecule has 122 valence electrons. The summed E-state index contributed by atoms with van der Waals surface area (Å²) in [5, 5.41) is 0. The van der Waals surface area contributed by atoms with Crippen LogP contribution in [0.25, 0.3) is 0 Å². The standard InChI is InChI=1S/C20H30O2/c1-2-3-4-5-6-7-11-14-19-18(15-16-22-19)20(21)17-12-9-8-10-13-17/h8-10,12-13,18-19H,2-7,11,14-16H2,1H3/t18-,19+/m1/s1. The van der Waals surface area contributed by atoms with Gasteiger partial charge >= 0.3 is 0 Å². The van der Waals surface area contributed by atoms with E-state index in [1.54, 1.807) is 0 Å². The van der Waals surface area contributed by atoms with E-state index in [2.05, 4.69) is 6.92 Å². The summed E-state index contributed by atoms with van der Waals surface area (Å²) in [5.74, 6) is 0.341. The fraction of sp³-hybridized carbons (Fsp3) is 0.650. The summed E-state index contributed by atoms with van der Waals surface area (Å²) >= 11 is 0. The van der Waals surface area contributed by atoms with E-state index >= 15 is 0 Å². The van der Waals surface area contributed by atoms with Gasteiger partial charge in [-0.2, -0.15) is 0 Å². The number of ketones is 1. The molecule has 1 aliphatic heterocycles. The van der Waals surface area contributed by atoms with E-state index in [-0.39, 0.29) is 17.8 Å². The molecule has 1 aliphatic rings. The lowest BCUT2D eigenvalue weighted by molar-refractivity contribution is 0.0657. The van der Waals surface area contributed by atoms with Crippen molar-refractivity contribution in [3.05, 3.63) is 35.9 Å². The second-order valence-corrected chi connectivity index (χ2v) is 6.44. The maximum absolute atomic E-state index is 12.6. The summed E-state index contributed by atoms with van der Waals surface area (Å²) in [7, 11) is 0. The molecular formula is C20H30O2. The third kappa shape index (κ3) is 5.24. The van der Waals surface area contributed by atoms with Crippen LogP contribution in [0.1, 0.15) is 75.1 Å². The Balaban J connectivity index is 1.71. The topological polar surface area (TPSA) is 26.3 Å². The van der Waals surface area contributed by atoms with Crippen LogP contribution >= 0.6 is 0 Å². The molecule has 0 N–H and O–H groups in total. The summed E-state index contributed by atoms with van der Waals surface area (Å²) in [5.41, 5.74) is 0.836. The molecule has 0 unspecified atom stereocenters. The number of carbonyl (C=O) groups is 1. The molecule has 1 aromatic carbocycles. The summed E-state index contributed by atoms with van der Waals surface area (Å²) in [4.78, 5) is 12.6. The van der Waals surface area contributed by atoms with Gasteiger partial charge in [-0.05, 0) is 12.8 Å². The maximum Gasteiger partial charge on any atom is 0.168 e. The first-order chi connectivity index (χ1) is 10.8. The number of rotatable bonds is 10. The molecule has 2 nitrogen and oxygen atoms in total. The Morgan fingerprint density at radius 3 is 2.45 bits per heavy atom. The van der Waals surface area contributed by atoms with E-state index in [0.29, 0.717) is 0 Å². The summed E-state index contributed by atoms with van der Waals surface area (Å²) in [6.45, 7) is 2.99. The Kier molecular flexibility index (Phi) is 7.65. The molecule has 0 aliphatic carbocycles. The van der Waals surface area contributed by atoms with Crippen LogP contribution in [0.2, 0.25) is 0 Å². The molecule has 1 aromatic rings. The zero-order valence-electron chi connectivity index (χ0n) is 13.9. The second kappa shape index (κ2) is 9.78. The number of hydrogen-bond acceptors (Lipinski definition) is 2. The highest BCUT2D eigenvalue weighted by Gasteiger charge is 2.33. The normalized spacial score (nSPS) is 21.1. The minimum atomic E-state index is 0.0718. The van der Waals surface area contributed by atoms with Crippen molar-refractivity contribution in [1.82, 2.24) is 0 Å². The molecule has 1 saturated heterocycles. The number of benzene rings is 1. The molecule has 1 fully saturated rings. The highest BCUT2D eigenvalue weighted by Crippen LogP contribution is 2.28. The Labute approximate surface area is 135 Å². The molecule has 2 rings (SSSR count). The van der Waals surface area contributed by atoms with Gasteiger partial charge in [0.15, 0.2) is 5.78 Å². The predicted octanol–water partition coefficient (Wildman–Crippen LogP) is 5.42. The number of carbonyl (C=O) groups excluding carboxylic acids is 1. The average molecular weight is 302 g/mol. The molecule has 2 atom stereocenters. The van der Waals surface area contributed by atoms with E-state index < -0.39 is 0 Å². The van der Waals surface area contributed by atoms with Crippen molar-refractivity contribution < 1.29 is 9.53 Å². The molecule has 1 heterocycles. The first-order valence-electron chi connectivity index (χ1n) is 9.03. The molecule has 0 aromatic heterocycles. The van der Waals surface area contributed by atoms with Gasteiger partial charge in [0.25, 0.3) is 0 Å². The first-order valence-corrected chi connectivity index (χ1v) is 9.03. The van der Waals surface area contributed by atoms with E-state index in [4.69, 9.17) is 4.74 Å². The van der Waals surface area contributed by atoms with Crippen molar-refractivity contribution in [3.63, 3.8) is 0 Å². The maximum atomic E-state index is 12.6. The second-order valence-electron chi connectivity index (χ2n) is 6.44. The Bertz CT molecular complexity index is 427. The van der Waals surface area contributed by atoms with Crippen LogP contribution in [0.5, 0.6) is 0 Å². The molecule has 0 bridgehead atoms. The van der Waals surface area contributed by atoms with Crippen LogP contribution in [0.4, 0.5) is 0 Å². The van der Waals surface area contributed by atoms with Crippen LogP contribution in [0, 0.1) is 5.92 Å². The monoisotopic (exact) mass is 302 g/mol. The molecular weight excluding hydrogens is 272 g/mol. The fourth-order valence-electron chi connectivity index (χ4n) is 3.35. The molecule has 0 radical (unpaired) electrons. The van der Waals surface area contributed by atoms with Crippen molar-refractivity contribution in [2.75, 3.05) is 6.61 Å². The smallest absolute Gasteiger partial charge is 0.168 e. The van der Waals surface area contributed by atoms with Gasteiger partial charge in [0.2, 0.25) is 0 Å². The minimum absolute atomic E-state index is 0.0718. The summed E-state index contributed by atoms with van der Waals surface area (Å²) < 4.78 is 5.83. The quantitative estimate of drug-likeness (QED) is 0.426. The third-order valence-electron chi connectivity index (χ3n) is 4.70. The van der Waals surface area contributed by atoms with Crippen LogP contribution in [0.15, 0.2) is 30.3 Å². The van der Waals surface area contributed by atoms with Crippen molar-refractivity contribution in [1.29, 1.82) is 0 Å². The average Bonchev–Trinajstić information content (AvgIpc) is 3.02. The van der Waals surface area contributed by atoms with Crippen LogP contribution in [-0.2, 0) is 4.74 Å². The summed E-state index contributed by atoms with van der Waals surface area (Å²) in [6.07, 6.45) is 11.2. The highest BCUT2D eigenvalue weighted by molar-refractivity contribution is 5.98. The minimum Gasteiger partial charge on any atom is -0.377 e. The number of hydrogen-bond donors (Lipinski definition) is 0. The van der Waals surface area contributed by atoms with Crippen molar-refractivity contribution in [2.24, 2.45) is 5.92 Å². The zero-order valence-corrected chi connectivity index (χ0v) is 13.9. The largest absolute Gasteiger partial charge is 0.377 e. The zero-order chi connectivity index (χ0) is 15.6. The van der Waals surface area contributed by atoms with Crippen LogP contribution in [-0.4, -0.2) is 18.5 Å². The predicted molar refractivity (Wildman–Crippen MR) is 91.2 cm³/mol. The van der Waals surface area contributed by atoms with Gasteiger partial charge in [0, 0.05) is 12.2 Å². The lowest BCUT2D eigenvalue weighted by Gasteiger charge is -2.17. The van der Waals surface area contributed by atoms with E-state index in [0.717, 1.165) is 25.0 Å². The molecule has 0 amide bonds. The highest BCUT2D eigenvalue weighted by atomic mass is 16.5. The Morgan fingerprint density at radius 1 is 1.05 bits per heavy atom. The van der Waals surface area contributed by atoms with Crippen LogP contribution in [0.3, 0.4) is 0 Å². The van der Waals surface area contributed by atoms with Gasteiger partial charge in [-0.3, -0.25) is 4.79 Å². The van der Waals surface area contributed by atoms with E-state index in [1.807, 2.05) is 30.3 Å². The van der Waals surface area contributed by atoms with Gasteiger partial charge in [0.05, 0.1) is 12.0 Å². The lowest BCUT2D eigenvalue weighted by atomic mass is 9.89. The number of ether oxygens (including phenoxy) is 1. The van der Waals surface area contributed by atoms with Gasteiger partial charge < -0.3 is 4.74 Å². The van der Waals surface area contributed by atoms with Crippen molar-refractivity contribution in [3.8, 4) is 0 Å². The number of unbranched alkanes of at least 4 members (excludes halogenated alkanes) is 6. The number of Topliss-reactive ketones (excluding diaryl/α,β-unsaturated/α-hetero) is 1. The first kappa shape index (κ1) is 17.2. The van der Waals surface area contributed by atoms with Gasteiger partial charge in [-0.1, -0.05) is 82.2 Å². The van der Waals surface area contributed by atoms with Gasteiger partial charge in [0.1, 0.15) is 0 Å². The lowest BCUT2D eigenvalue weighted by Crippen LogP contribution is -2.24. The Morgan fingerprint density at radius 2 is 1.73 bits per heavy atom. The molecule has 0 spiro atoms.